The van der Waals surface area contributed by atoms with Crippen LogP contribution in [0.3, 0.4) is 0 Å². The fourth-order valence-corrected chi connectivity index (χ4v) is 1.80. The number of amides is 1. The summed E-state index contributed by atoms with van der Waals surface area (Å²) in [6, 6.07) is 7.54. The number of rotatable bonds is 5. The summed E-state index contributed by atoms with van der Waals surface area (Å²) >= 11 is 0. The molecule has 1 aromatic carbocycles. The first kappa shape index (κ1) is 12.0. The van der Waals surface area contributed by atoms with E-state index in [9.17, 15) is 4.79 Å². The Morgan fingerprint density at radius 1 is 1.32 bits per heavy atom. The molecule has 1 aromatic heterocycles. The van der Waals surface area contributed by atoms with Crippen LogP contribution in [-0.4, -0.2) is 29.1 Å². The van der Waals surface area contributed by atoms with Crippen LogP contribution in [0.25, 0.3) is 11.0 Å². The van der Waals surface area contributed by atoms with Crippen molar-refractivity contribution >= 4 is 22.8 Å². The van der Waals surface area contributed by atoms with E-state index in [0.29, 0.717) is 18.3 Å². The molecule has 1 aliphatic rings. The van der Waals surface area contributed by atoms with Gasteiger partial charge in [0.05, 0.1) is 23.8 Å². The van der Waals surface area contributed by atoms with Crippen molar-refractivity contribution in [3.63, 3.8) is 0 Å². The molecular weight excluding hydrogens is 242 g/mol. The summed E-state index contributed by atoms with van der Waals surface area (Å²) in [5, 5.41) is 2.69. The minimum atomic E-state index is -0.190. The third-order valence-corrected chi connectivity index (χ3v) is 3.00. The molecule has 0 radical (unpaired) electrons. The Balaban J connectivity index is 1.58. The number of nitrogens with one attached hydrogen (secondary N) is 1. The molecule has 0 unspecified atom stereocenters. The van der Waals surface area contributed by atoms with Gasteiger partial charge in [-0.3, -0.25) is 9.78 Å². The summed E-state index contributed by atoms with van der Waals surface area (Å²) in [4.78, 5) is 20.2. The molecule has 0 saturated heterocycles. The molecule has 1 aliphatic carbocycles. The lowest BCUT2D eigenvalue weighted by Crippen LogP contribution is -2.19. The van der Waals surface area contributed by atoms with E-state index in [1.807, 2.05) is 24.3 Å². The lowest BCUT2D eigenvalue weighted by Gasteiger charge is -2.05. The summed E-state index contributed by atoms with van der Waals surface area (Å²) in [6.45, 7) is 0.752. The molecule has 98 valence electrons. The molecule has 3 rings (SSSR count). The highest BCUT2D eigenvalue weighted by Gasteiger charge is 2.21. The van der Waals surface area contributed by atoms with Gasteiger partial charge in [0.15, 0.2) is 5.82 Å². The first-order valence-corrected chi connectivity index (χ1v) is 6.40. The number of fused-ring (bicyclic) bond motifs is 1. The van der Waals surface area contributed by atoms with Gasteiger partial charge in [0.1, 0.15) is 6.61 Å². The maximum absolute atomic E-state index is 11.6. The van der Waals surface area contributed by atoms with Gasteiger partial charge in [-0.05, 0) is 30.9 Å². The number of para-hydroxylation sites is 2. The molecule has 1 fully saturated rings. The number of hydrogen-bond acceptors (Lipinski definition) is 4. The van der Waals surface area contributed by atoms with E-state index in [4.69, 9.17) is 4.74 Å². The second-order valence-corrected chi connectivity index (χ2v) is 4.75. The highest BCUT2D eigenvalue weighted by molar-refractivity contribution is 5.91. The van der Waals surface area contributed by atoms with Crippen molar-refractivity contribution in [3.8, 4) is 0 Å². The SMILES string of the molecule is O=C(COCC1CC1)Nc1cnc2ccccc2n1. The topological polar surface area (TPSA) is 64.1 Å². The van der Waals surface area contributed by atoms with E-state index in [0.717, 1.165) is 11.0 Å². The zero-order chi connectivity index (χ0) is 13.1. The van der Waals surface area contributed by atoms with Gasteiger partial charge in [-0.1, -0.05) is 12.1 Å². The lowest BCUT2D eigenvalue weighted by molar-refractivity contribution is -0.120. The quantitative estimate of drug-likeness (QED) is 0.889. The van der Waals surface area contributed by atoms with E-state index in [2.05, 4.69) is 15.3 Å². The molecule has 1 heterocycles. The molecule has 2 aromatic rings. The van der Waals surface area contributed by atoms with Crippen LogP contribution in [0.1, 0.15) is 12.8 Å². The molecule has 0 atom stereocenters. The van der Waals surface area contributed by atoms with Gasteiger partial charge in [0, 0.05) is 0 Å². The van der Waals surface area contributed by atoms with Crippen molar-refractivity contribution in [2.75, 3.05) is 18.5 Å². The Morgan fingerprint density at radius 2 is 2.11 bits per heavy atom. The van der Waals surface area contributed by atoms with Gasteiger partial charge in [-0.25, -0.2) is 4.98 Å². The van der Waals surface area contributed by atoms with Crippen molar-refractivity contribution in [1.82, 2.24) is 9.97 Å². The molecule has 5 heteroatoms. The Bertz CT molecular complexity index is 596. The molecular formula is C14H15N3O2. The highest BCUT2D eigenvalue weighted by Crippen LogP contribution is 2.28. The Kier molecular flexibility index (Phi) is 3.37. The maximum Gasteiger partial charge on any atom is 0.251 e. The highest BCUT2D eigenvalue weighted by atomic mass is 16.5. The van der Waals surface area contributed by atoms with Crippen LogP contribution < -0.4 is 5.32 Å². The summed E-state index contributed by atoms with van der Waals surface area (Å²) in [7, 11) is 0. The average molecular weight is 257 g/mol. The Labute approximate surface area is 111 Å². The molecule has 1 N–H and O–H groups in total. The third kappa shape index (κ3) is 3.26. The maximum atomic E-state index is 11.6. The lowest BCUT2D eigenvalue weighted by atomic mass is 10.3. The monoisotopic (exact) mass is 257 g/mol. The molecule has 5 nitrogen and oxygen atoms in total. The number of hydrogen-bond donors (Lipinski definition) is 1. The van der Waals surface area contributed by atoms with E-state index in [1.54, 1.807) is 6.20 Å². The predicted molar refractivity (Wildman–Crippen MR) is 71.7 cm³/mol. The average Bonchev–Trinajstić information content (AvgIpc) is 3.23. The van der Waals surface area contributed by atoms with Gasteiger partial charge < -0.3 is 10.1 Å². The van der Waals surface area contributed by atoms with Crippen LogP contribution in [0, 0.1) is 5.92 Å². The molecule has 19 heavy (non-hydrogen) atoms. The fraction of sp³-hybridized carbons (Fsp3) is 0.357. The summed E-state index contributed by atoms with van der Waals surface area (Å²) in [5.74, 6) is 0.928. The molecule has 1 amide bonds. The number of carbonyl (C=O) groups excluding carboxylic acids is 1. The number of nitrogens with zero attached hydrogens (tertiary/aromatic N) is 2. The molecule has 1 saturated carbocycles. The minimum absolute atomic E-state index is 0.0744. The first-order valence-electron chi connectivity index (χ1n) is 6.40. The van der Waals surface area contributed by atoms with Crippen LogP contribution >= 0.6 is 0 Å². The van der Waals surface area contributed by atoms with E-state index >= 15 is 0 Å². The van der Waals surface area contributed by atoms with Gasteiger partial charge >= 0.3 is 0 Å². The smallest absolute Gasteiger partial charge is 0.251 e. The van der Waals surface area contributed by atoms with E-state index < -0.39 is 0 Å². The van der Waals surface area contributed by atoms with Gasteiger partial charge in [-0.2, -0.15) is 0 Å². The van der Waals surface area contributed by atoms with Crippen LogP contribution in [0.2, 0.25) is 0 Å². The van der Waals surface area contributed by atoms with Crippen molar-refractivity contribution in [2.45, 2.75) is 12.8 Å². The van der Waals surface area contributed by atoms with Crippen molar-refractivity contribution in [1.29, 1.82) is 0 Å². The van der Waals surface area contributed by atoms with Crippen LogP contribution in [-0.2, 0) is 9.53 Å². The normalized spacial score (nSPS) is 14.5. The number of carbonyl (C=O) groups is 1. The van der Waals surface area contributed by atoms with Gasteiger partial charge in [-0.15, -0.1) is 0 Å². The first-order chi connectivity index (χ1) is 9.31. The molecule has 0 bridgehead atoms. The summed E-state index contributed by atoms with van der Waals surface area (Å²) in [6.07, 6.45) is 4.00. The Morgan fingerprint density at radius 3 is 2.89 bits per heavy atom. The number of benzene rings is 1. The van der Waals surface area contributed by atoms with E-state index in [-0.39, 0.29) is 12.5 Å². The van der Waals surface area contributed by atoms with Gasteiger partial charge in [0.2, 0.25) is 0 Å². The largest absolute Gasteiger partial charge is 0.371 e. The third-order valence-electron chi connectivity index (χ3n) is 3.00. The fourth-order valence-electron chi connectivity index (χ4n) is 1.80. The number of anilines is 1. The van der Waals surface area contributed by atoms with Gasteiger partial charge in [0.25, 0.3) is 5.91 Å². The van der Waals surface area contributed by atoms with Crippen LogP contribution in [0.4, 0.5) is 5.82 Å². The predicted octanol–water partition coefficient (Wildman–Crippen LogP) is 1.99. The standard InChI is InChI=1S/C14H15N3O2/c18-14(9-19-8-10-5-6-10)17-13-7-15-11-3-1-2-4-12(11)16-13/h1-4,7,10H,5-6,8-9H2,(H,16,17,18). The number of aromatic nitrogens is 2. The van der Waals surface area contributed by atoms with E-state index in [1.165, 1.54) is 12.8 Å². The summed E-state index contributed by atoms with van der Waals surface area (Å²) < 4.78 is 5.32. The second kappa shape index (κ2) is 5.32. The zero-order valence-corrected chi connectivity index (χ0v) is 10.5. The van der Waals surface area contributed by atoms with Crippen molar-refractivity contribution in [2.24, 2.45) is 5.92 Å². The summed E-state index contributed by atoms with van der Waals surface area (Å²) in [5.41, 5.74) is 1.57. The van der Waals surface area contributed by atoms with Crippen molar-refractivity contribution < 1.29 is 9.53 Å². The van der Waals surface area contributed by atoms with Crippen LogP contribution in [0.5, 0.6) is 0 Å². The van der Waals surface area contributed by atoms with Crippen LogP contribution in [0.15, 0.2) is 30.5 Å². The minimum Gasteiger partial charge on any atom is -0.371 e. The zero-order valence-electron chi connectivity index (χ0n) is 10.5. The molecule has 0 aliphatic heterocycles. The number of ether oxygens (including phenoxy) is 1. The second-order valence-electron chi connectivity index (χ2n) is 4.75. The molecule has 0 spiro atoms. The van der Waals surface area contributed by atoms with Crippen molar-refractivity contribution in [3.05, 3.63) is 30.5 Å². The Hall–Kier alpha value is -2.01.